The van der Waals surface area contributed by atoms with E-state index in [0.29, 0.717) is 25.6 Å². The van der Waals surface area contributed by atoms with Gasteiger partial charge in [0.15, 0.2) is 5.82 Å². The van der Waals surface area contributed by atoms with Crippen LogP contribution in [0.3, 0.4) is 0 Å². The molecule has 1 amide bonds. The molecule has 1 N–H and O–H groups in total. The lowest BCUT2D eigenvalue weighted by Gasteiger charge is -2.36. The number of hydrogen-bond acceptors (Lipinski definition) is 7. The van der Waals surface area contributed by atoms with Crippen molar-refractivity contribution in [3.63, 3.8) is 0 Å². The Bertz CT molecular complexity index is 512. The molecule has 0 aliphatic carbocycles. The van der Waals surface area contributed by atoms with Crippen LogP contribution in [-0.2, 0) is 9.53 Å². The van der Waals surface area contributed by atoms with E-state index in [1.165, 1.54) is 0 Å². The molecule has 2 heterocycles. The smallest absolute Gasteiger partial charge is 0.243 e. The summed E-state index contributed by atoms with van der Waals surface area (Å²) in [5, 5.41) is 6.89. The molecule has 2 rings (SSSR count). The van der Waals surface area contributed by atoms with Crippen LogP contribution in [0.25, 0.3) is 0 Å². The number of piperazine rings is 1. The normalized spacial score (nSPS) is 18.0. The van der Waals surface area contributed by atoms with Gasteiger partial charge < -0.3 is 14.6 Å². The second-order valence-corrected chi connectivity index (χ2v) is 6.48. The molecule has 0 unspecified atom stereocenters. The lowest BCUT2D eigenvalue weighted by atomic mass is 10.2. The van der Waals surface area contributed by atoms with E-state index in [1.807, 2.05) is 0 Å². The van der Waals surface area contributed by atoms with Crippen LogP contribution in [0.2, 0.25) is 0 Å². The number of amides is 1. The minimum atomic E-state index is 0.0482. The molecule has 0 saturated carbocycles. The predicted octanol–water partition coefficient (Wildman–Crippen LogP) is 0.634. The second kappa shape index (κ2) is 9.10. The van der Waals surface area contributed by atoms with Crippen molar-refractivity contribution in [1.29, 1.82) is 0 Å². The molecule has 136 valence electrons. The number of ether oxygens (including phenoxy) is 1. The van der Waals surface area contributed by atoms with Crippen LogP contribution >= 0.6 is 0 Å². The Balaban J connectivity index is 1.76. The largest absolute Gasteiger partial charge is 0.383 e. The van der Waals surface area contributed by atoms with Gasteiger partial charge >= 0.3 is 0 Å². The maximum atomic E-state index is 11.8. The molecule has 1 atom stereocenters. The lowest BCUT2D eigenvalue weighted by Crippen LogP contribution is -2.50. The van der Waals surface area contributed by atoms with Crippen molar-refractivity contribution in [1.82, 2.24) is 25.3 Å². The minimum absolute atomic E-state index is 0.0482. The highest BCUT2D eigenvalue weighted by molar-refractivity contribution is 5.77. The van der Waals surface area contributed by atoms with Gasteiger partial charge in [-0.1, -0.05) is 19.0 Å². The molecule has 8 nitrogen and oxygen atoms in total. The van der Waals surface area contributed by atoms with E-state index in [9.17, 15) is 4.79 Å². The predicted molar refractivity (Wildman–Crippen MR) is 89.7 cm³/mol. The number of carbonyl (C=O) groups is 1. The molecule has 8 heteroatoms. The van der Waals surface area contributed by atoms with E-state index >= 15 is 0 Å². The van der Waals surface area contributed by atoms with Crippen LogP contribution in [0.4, 0.5) is 0 Å². The zero-order valence-corrected chi connectivity index (χ0v) is 15.1. The first kappa shape index (κ1) is 18.8. The van der Waals surface area contributed by atoms with E-state index in [4.69, 9.17) is 9.26 Å². The Labute approximate surface area is 143 Å². The van der Waals surface area contributed by atoms with Gasteiger partial charge in [-0.15, -0.1) is 0 Å². The van der Waals surface area contributed by atoms with Crippen molar-refractivity contribution < 1.29 is 14.1 Å². The average molecular weight is 339 g/mol. The molecule has 24 heavy (non-hydrogen) atoms. The zero-order valence-electron chi connectivity index (χ0n) is 15.1. The molecular formula is C16H29N5O3. The summed E-state index contributed by atoms with van der Waals surface area (Å²) < 4.78 is 10.3. The quantitative estimate of drug-likeness (QED) is 0.696. The van der Waals surface area contributed by atoms with Crippen LogP contribution in [0.5, 0.6) is 0 Å². The Morgan fingerprint density at radius 1 is 1.29 bits per heavy atom. The third kappa shape index (κ3) is 5.25. The second-order valence-electron chi connectivity index (χ2n) is 6.48. The lowest BCUT2D eigenvalue weighted by molar-refractivity contribution is -0.122. The highest BCUT2D eigenvalue weighted by atomic mass is 16.5. The average Bonchev–Trinajstić information content (AvgIpc) is 3.05. The van der Waals surface area contributed by atoms with E-state index in [-0.39, 0.29) is 17.9 Å². The minimum Gasteiger partial charge on any atom is -0.383 e. The Kier molecular flexibility index (Phi) is 7.14. The molecule has 1 saturated heterocycles. The van der Waals surface area contributed by atoms with Gasteiger partial charge in [-0.05, 0) is 6.92 Å². The summed E-state index contributed by atoms with van der Waals surface area (Å²) in [5.74, 6) is 1.74. The first-order chi connectivity index (χ1) is 11.5. The molecule has 0 aromatic carbocycles. The van der Waals surface area contributed by atoms with Crippen molar-refractivity contribution in [2.45, 2.75) is 32.7 Å². The molecular weight excluding hydrogens is 310 g/mol. The molecule has 0 radical (unpaired) electrons. The summed E-state index contributed by atoms with van der Waals surface area (Å²) in [7, 11) is 1.63. The van der Waals surface area contributed by atoms with Crippen LogP contribution in [0.15, 0.2) is 4.52 Å². The van der Waals surface area contributed by atoms with E-state index in [0.717, 1.165) is 32.0 Å². The van der Waals surface area contributed by atoms with Gasteiger partial charge in [-0.2, -0.15) is 4.98 Å². The summed E-state index contributed by atoms with van der Waals surface area (Å²) in [5.41, 5.74) is 0. The van der Waals surface area contributed by atoms with Gasteiger partial charge in [0.1, 0.15) is 0 Å². The topological polar surface area (TPSA) is 83.7 Å². The van der Waals surface area contributed by atoms with E-state index < -0.39 is 0 Å². The third-order valence-electron chi connectivity index (χ3n) is 4.28. The fraction of sp³-hybridized carbons (Fsp3) is 0.812. The van der Waals surface area contributed by atoms with Crippen LogP contribution in [0, 0.1) is 0 Å². The number of nitrogens with zero attached hydrogens (tertiary/aromatic N) is 4. The summed E-state index contributed by atoms with van der Waals surface area (Å²) in [6.45, 7) is 11.2. The van der Waals surface area contributed by atoms with Crippen LogP contribution in [0.1, 0.15) is 44.4 Å². The summed E-state index contributed by atoms with van der Waals surface area (Å²) >= 11 is 0. The molecule has 1 fully saturated rings. The number of nitrogens with one attached hydrogen (secondary N) is 1. The van der Waals surface area contributed by atoms with Gasteiger partial charge in [-0.3, -0.25) is 14.6 Å². The van der Waals surface area contributed by atoms with Gasteiger partial charge in [0.2, 0.25) is 11.8 Å². The maximum Gasteiger partial charge on any atom is 0.243 e. The Hall–Kier alpha value is -1.51. The fourth-order valence-corrected chi connectivity index (χ4v) is 2.67. The molecule has 1 aliphatic heterocycles. The van der Waals surface area contributed by atoms with Crippen molar-refractivity contribution in [3.8, 4) is 0 Å². The standard InChI is InChI=1S/C16H29N5O3/c1-12(2)15-18-16(24-19-15)13(3)21-8-6-20(7-9-21)11-14(22)17-5-10-23-4/h12-13H,5-11H2,1-4H3,(H,17,22)/t13-/m0/s1. The van der Waals surface area contributed by atoms with Crippen molar-refractivity contribution in [3.05, 3.63) is 11.7 Å². The maximum absolute atomic E-state index is 11.8. The van der Waals surface area contributed by atoms with Crippen molar-refractivity contribution in [2.75, 3.05) is 53.0 Å². The molecule has 0 bridgehead atoms. The Morgan fingerprint density at radius 3 is 2.58 bits per heavy atom. The highest BCUT2D eigenvalue weighted by Crippen LogP contribution is 2.21. The summed E-state index contributed by atoms with van der Waals surface area (Å²) in [6.07, 6.45) is 0. The summed E-state index contributed by atoms with van der Waals surface area (Å²) in [4.78, 5) is 20.8. The summed E-state index contributed by atoms with van der Waals surface area (Å²) in [6, 6.07) is 0.0997. The third-order valence-corrected chi connectivity index (χ3v) is 4.28. The number of aromatic nitrogens is 2. The first-order valence-corrected chi connectivity index (χ1v) is 8.56. The monoisotopic (exact) mass is 339 g/mol. The molecule has 0 spiro atoms. The van der Waals surface area contributed by atoms with Gasteiger partial charge in [0, 0.05) is 45.8 Å². The van der Waals surface area contributed by atoms with Crippen LogP contribution in [-0.4, -0.2) is 78.8 Å². The number of hydrogen-bond donors (Lipinski definition) is 1. The van der Waals surface area contributed by atoms with Gasteiger partial charge in [0.25, 0.3) is 0 Å². The molecule has 1 aromatic heterocycles. The Morgan fingerprint density at radius 2 is 2.00 bits per heavy atom. The zero-order chi connectivity index (χ0) is 17.5. The molecule has 1 aromatic rings. The number of methoxy groups -OCH3 is 1. The van der Waals surface area contributed by atoms with E-state index in [2.05, 4.69) is 46.0 Å². The number of carbonyl (C=O) groups excluding carboxylic acids is 1. The van der Waals surface area contributed by atoms with Crippen molar-refractivity contribution >= 4 is 5.91 Å². The van der Waals surface area contributed by atoms with Crippen LogP contribution < -0.4 is 5.32 Å². The van der Waals surface area contributed by atoms with Gasteiger partial charge in [0.05, 0.1) is 19.2 Å². The van der Waals surface area contributed by atoms with Gasteiger partial charge in [-0.25, -0.2) is 0 Å². The number of rotatable bonds is 8. The highest BCUT2D eigenvalue weighted by Gasteiger charge is 2.26. The fourth-order valence-electron chi connectivity index (χ4n) is 2.67. The molecule has 1 aliphatic rings. The van der Waals surface area contributed by atoms with Crippen molar-refractivity contribution in [2.24, 2.45) is 0 Å². The first-order valence-electron chi connectivity index (χ1n) is 8.56. The van der Waals surface area contributed by atoms with E-state index in [1.54, 1.807) is 7.11 Å². The SMILES string of the molecule is COCCNC(=O)CN1CCN([C@@H](C)c2nc(C(C)C)no2)CC1.